The Bertz CT molecular complexity index is 677. The molecule has 1 aliphatic heterocycles. The smallest absolute Gasteiger partial charge is 0.266 e. The van der Waals surface area contributed by atoms with Crippen LogP contribution >= 0.6 is 11.6 Å². The number of hydrogen-bond donors (Lipinski definition) is 2. The normalized spacial score (nSPS) is 18.1. The number of carbonyl (C=O) groups is 1. The minimum atomic E-state index is -3.72. The summed E-state index contributed by atoms with van der Waals surface area (Å²) in [5.74, 6) is -0.699. The molecule has 9 heteroatoms. The van der Waals surface area contributed by atoms with Crippen LogP contribution in [0.15, 0.2) is 22.0 Å². The number of nitrogens with one attached hydrogen (secondary N) is 1. The third-order valence-electron chi connectivity index (χ3n) is 3.33. The third-order valence-corrected chi connectivity index (χ3v) is 5.48. The van der Waals surface area contributed by atoms with Gasteiger partial charge in [-0.05, 0) is 18.9 Å². The van der Waals surface area contributed by atoms with Crippen LogP contribution in [0.5, 0.6) is 0 Å². The quantitative estimate of drug-likeness (QED) is 0.810. The molecule has 2 rings (SSSR count). The average Bonchev–Trinajstić information content (AvgIpc) is 2.41. The molecule has 1 aromatic heterocycles. The van der Waals surface area contributed by atoms with Gasteiger partial charge in [-0.25, -0.2) is 8.42 Å². The van der Waals surface area contributed by atoms with Crippen LogP contribution in [0.2, 0.25) is 5.02 Å². The van der Waals surface area contributed by atoms with Gasteiger partial charge in [-0.2, -0.15) is 4.31 Å². The molecular formula is C11H14ClN3O4S. The molecule has 0 aromatic carbocycles. The molecule has 0 spiro atoms. The van der Waals surface area contributed by atoms with E-state index in [2.05, 4.69) is 4.98 Å². The fourth-order valence-corrected chi connectivity index (χ4v) is 3.82. The Hall–Kier alpha value is -1.38. The van der Waals surface area contributed by atoms with Crippen molar-refractivity contribution in [2.45, 2.75) is 17.7 Å². The number of carbonyl (C=O) groups excluding carboxylic acids is 1. The molecule has 3 N–H and O–H groups in total. The number of rotatable bonds is 3. The summed E-state index contributed by atoms with van der Waals surface area (Å²) in [6.07, 6.45) is 1.90. The Morgan fingerprint density at radius 1 is 1.40 bits per heavy atom. The van der Waals surface area contributed by atoms with Crippen LogP contribution in [0.3, 0.4) is 0 Å². The molecule has 1 saturated heterocycles. The van der Waals surface area contributed by atoms with Gasteiger partial charge in [-0.15, -0.1) is 0 Å². The standard InChI is InChI=1S/C11H14ClN3O4S/c12-9-5-8(6-14-11(9)17)20(18,19)15-3-1-7(2-4-15)10(13)16/h5-7H,1-4H2,(H2,13,16)(H,14,17). The van der Waals surface area contributed by atoms with E-state index in [0.717, 1.165) is 12.3 Å². The molecule has 0 radical (unpaired) electrons. The van der Waals surface area contributed by atoms with Gasteiger partial charge in [-0.3, -0.25) is 9.59 Å². The van der Waals surface area contributed by atoms with Gasteiger partial charge >= 0.3 is 0 Å². The second-order valence-electron chi connectivity index (χ2n) is 4.59. The monoisotopic (exact) mass is 319 g/mol. The summed E-state index contributed by atoms with van der Waals surface area (Å²) < 4.78 is 26.0. The van der Waals surface area contributed by atoms with Gasteiger partial charge < -0.3 is 10.7 Å². The summed E-state index contributed by atoms with van der Waals surface area (Å²) in [5, 5.41) is -0.182. The lowest BCUT2D eigenvalue weighted by Gasteiger charge is -2.29. The molecular weight excluding hydrogens is 306 g/mol. The van der Waals surface area contributed by atoms with Crippen LogP contribution in [-0.4, -0.2) is 36.7 Å². The topological polar surface area (TPSA) is 113 Å². The van der Waals surface area contributed by atoms with E-state index in [4.69, 9.17) is 17.3 Å². The highest BCUT2D eigenvalue weighted by Crippen LogP contribution is 2.23. The number of halogens is 1. The van der Waals surface area contributed by atoms with E-state index in [1.165, 1.54) is 4.31 Å². The number of piperidine rings is 1. The number of H-pyrrole nitrogens is 1. The Morgan fingerprint density at radius 3 is 2.50 bits per heavy atom. The van der Waals surface area contributed by atoms with E-state index < -0.39 is 21.5 Å². The predicted molar refractivity (Wildman–Crippen MR) is 72.7 cm³/mol. The zero-order valence-corrected chi connectivity index (χ0v) is 12.1. The van der Waals surface area contributed by atoms with E-state index >= 15 is 0 Å². The SMILES string of the molecule is NC(=O)C1CCN(S(=O)(=O)c2c[nH]c(=O)c(Cl)c2)CC1. The number of hydrogen-bond acceptors (Lipinski definition) is 4. The highest BCUT2D eigenvalue weighted by Gasteiger charge is 2.31. The molecule has 1 aromatic rings. The van der Waals surface area contributed by atoms with Gasteiger partial charge in [0.25, 0.3) is 5.56 Å². The highest BCUT2D eigenvalue weighted by atomic mass is 35.5. The van der Waals surface area contributed by atoms with Crippen LogP contribution in [0.25, 0.3) is 0 Å². The first-order valence-electron chi connectivity index (χ1n) is 6.00. The number of nitrogens with zero attached hydrogens (tertiary/aromatic N) is 1. The third kappa shape index (κ3) is 2.87. The van der Waals surface area contributed by atoms with E-state index in [1.54, 1.807) is 0 Å². The molecule has 0 aliphatic carbocycles. The van der Waals surface area contributed by atoms with Crippen LogP contribution in [0, 0.1) is 5.92 Å². The van der Waals surface area contributed by atoms with Gasteiger partial charge in [-0.1, -0.05) is 11.6 Å². The number of aromatic amines is 1. The summed E-state index contributed by atoms with van der Waals surface area (Å²) in [6, 6.07) is 1.12. The first-order valence-corrected chi connectivity index (χ1v) is 7.82. The number of sulfonamides is 1. The minimum Gasteiger partial charge on any atom is -0.369 e. The summed E-state index contributed by atoms with van der Waals surface area (Å²) in [7, 11) is -3.72. The van der Waals surface area contributed by atoms with Crippen molar-refractivity contribution in [2.24, 2.45) is 11.7 Å². The molecule has 0 saturated carbocycles. The molecule has 0 atom stereocenters. The Kier molecular flexibility index (Phi) is 4.17. The average molecular weight is 320 g/mol. The van der Waals surface area contributed by atoms with Crippen molar-refractivity contribution in [3.8, 4) is 0 Å². The molecule has 110 valence electrons. The van der Waals surface area contributed by atoms with Crippen molar-refractivity contribution in [3.63, 3.8) is 0 Å². The van der Waals surface area contributed by atoms with Crippen molar-refractivity contribution in [2.75, 3.05) is 13.1 Å². The summed E-state index contributed by atoms with van der Waals surface area (Å²) in [5.41, 5.74) is 4.66. The molecule has 1 fully saturated rings. The predicted octanol–water partition coefficient (Wildman–Crippen LogP) is -0.0857. The zero-order chi connectivity index (χ0) is 14.9. The fraction of sp³-hybridized carbons (Fsp3) is 0.455. The molecule has 1 amide bonds. The first-order chi connectivity index (χ1) is 9.32. The number of aromatic nitrogens is 1. The number of primary amides is 1. The van der Waals surface area contributed by atoms with Gasteiger partial charge in [0.15, 0.2) is 0 Å². The van der Waals surface area contributed by atoms with E-state index in [-0.39, 0.29) is 28.9 Å². The second kappa shape index (κ2) is 5.55. The first kappa shape index (κ1) is 15.0. The van der Waals surface area contributed by atoms with E-state index in [9.17, 15) is 18.0 Å². The van der Waals surface area contributed by atoms with E-state index in [1.807, 2.05) is 0 Å². The van der Waals surface area contributed by atoms with Gasteiger partial charge in [0.05, 0.1) is 4.90 Å². The molecule has 0 bridgehead atoms. The zero-order valence-electron chi connectivity index (χ0n) is 10.5. The molecule has 0 unspecified atom stereocenters. The van der Waals surface area contributed by atoms with Crippen LogP contribution in [0.4, 0.5) is 0 Å². The Labute approximate surface area is 120 Å². The Balaban J connectivity index is 2.21. The van der Waals surface area contributed by atoms with Gasteiger partial charge in [0.1, 0.15) is 5.02 Å². The maximum absolute atomic E-state index is 12.4. The lowest BCUT2D eigenvalue weighted by atomic mass is 9.98. The van der Waals surface area contributed by atoms with Crippen molar-refractivity contribution in [1.29, 1.82) is 0 Å². The molecule has 2 heterocycles. The van der Waals surface area contributed by atoms with Crippen molar-refractivity contribution in [3.05, 3.63) is 27.6 Å². The van der Waals surface area contributed by atoms with Crippen LogP contribution < -0.4 is 11.3 Å². The fourth-order valence-electron chi connectivity index (χ4n) is 2.12. The Morgan fingerprint density at radius 2 is 2.00 bits per heavy atom. The van der Waals surface area contributed by atoms with Crippen molar-refractivity contribution >= 4 is 27.5 Å². The lowest BCUT2D eigenvalue weighted by Crippen LogP contribution is -2.41. The molecule has 1 aliphatic rings. The number of pyridine rings is 1. The second-order valence-corrected chi connectivity index (χ2v) is 6.94. The maximum atomic E-state index is 12.4. The van der Waals surface area contributed by atoms with E-state index in [0.29, 0.717) is 12.8 Å². The molecule has 20 heavy (non-hydrogen) atoms. The minimum absolute atomic E-state index is 0.0698. The van der Waals surface area contributed by atoms with Crippen LogP contribution in [0.1, 0.15) is 12.8 Å². The van der Waals surface area contributed by atoms with Crippen molar-refractivity contribution in [1.82, 2.24) is 9.29 Å². The lowest BCUT2D eigenvalue weighted by molar-refractivity contribution is -0.122. The summed E-state index contributed by atoms with van der Waals surface area (Å²) in [4.78, 5) is 24.4. The summed E-state index contributed by atoms with van der Waals surface area (Å²) in [6.45, 7) is 0.430. The van der Waals surface area contributed by atoms with Gasteiger partial charge in [0.2, 0.25) is 15.9 Å². The largest absolute Gasteiger partial charge is 0.369 e. The number of amides is 1. The number of nitrogens with two attached hydrogens (primary N) is 1. The molecule has 7 nitrogen and oxygen atoms in total. The van der Waals surface area contributed by atoms with Crippen molar-refractivity contribution < 1.29 is 13.2 Å². The highest BCUT2D eigenvalue weighted by molar-refractivity contribution is 7.89. The van der Waals surface area contributed by atoms with Crippen LogP contribution in [-0.2, 0) is 14.8 Å². The summed E-state index contributed by atoms with van der Waals surface area (Å²) >= 11 is 5.64. The van der Waals surface area contributed by atoms with Gasteiger partial charge in [0, 0.05) is 25.2 Å². The maximum Gasteiger partial charge on any atom is 0.266 e.